The number of hydrogen-bond donors (Lipinski definition) is 1. The molecule has 9 nitrogen and oxygen atoms in total. The maximum Gasteiger partial charge on any atom is 0.225 e. The van der Waals surface area contributed by atoms with Crippen molar-refractivity contribution in [2.45, 2.75) is 31.7 Å². The van der Waals surface area contributed by atoms with Gasteiger partial charge in [0.25, 0.3) is 0 Å². The minimum absolute atomic E-state index is 0.0788. The molecule has 3 heterocycles. The fraction of sp³-hybridized carbons (Fsp3) is 0.357. The number of piperidine rings is 1. The second kappa shape index (κ2) is 10.5. The molecule has 202 valence electrons. The second-order valence-electron chi connectivity index (χ2n) is 9.88. The summed E-state index contributed by atoms with van der Waals surface area (Å²) < 4.78 is 13.0. The first-order valence-corrected chi connectivity index (χ1v) is 13.7. The fourth-order valence-electron chi connectivity index (χ4n) is 5.07. The number of carbonyl (C=O) groups excluding carboxylic acids is 1. The van der Waals surface area contributed by atoms with Crippen molar-refractivity contribution < 1.29 is 14.3 Å². The number of aromatic nitrogens is 4. The van der Waals surface area contributed by atoms with Crippen LogP contribution in [0.3, 0.4) is 0 Å². The number of rotatable bonds is 7. The average Bonchev–Trinajstić information content (AvgIpc) is 3.74. The van der Waals surface area contributed by atoms with E-state index in [1.54, 1.807) is 32.5 Å². The molecule has 2 aromatic carbocycles. The molecule has 1 atom stereocenters. The van der Waals surface area contributed by atoms with E-state index in [-0.39, 0.29) is 17.9 Å². The van der Waals surface area contributed by atoms with Gasteiger partial charge in [-0.1, -0.05) is 23.2 Å². The average molecular weight is 567 g/mol. The Hall–Kier alpha value is -3.56. The molecule has 1 saturated heterocycles. The van der Waals surface area contributed by atoms with Crippen LogP contribution in [0.5, 0.6) is 11.5 Å². The Labute approximate surface area is 236 Å². The standard InChI is InChI=1S/C28H28Cl2N6O3/c1-38-23-13-21-22(14-24(23)39-2)36(26(33-21)17-7-8-19(29)20(30)12-17)25-9-10-31-28(34-25)32-18-4-3-11-35(15-18)27(37)16-5-6-16/h7-10,12-14,16,18H,3-6,11,15H2,1-2H3,(H,31,32,34). The summed E-state index contributed by atoms with van der Waals surface area (Å²) in [5, 5.41) is 4.35. The number of fused-ring (bicyclic) bond motifs is 1. The number of nitrogens with zero attached hydrogens (tertiary/aromatic N) is 5. The van der Waals surface area contributed by atoms with Crippen LogP contribution < -0.4 is 14.8 Å². The lowest BCUT2D eigenvalue weighted by atomic mass is 10.1. The highest BCUT2D eigenvalue weighted by molar-refractivity contribution is 6.42. The molecule has 2 fully saturated rings. The molecule has 4 aromatic rings. The monoisotopic (exact) mass is 566 g/mol. The normalized spacial score (nSPS) is 17.3. The van der Waals surface area contributed by atoms with Crippen molar-refractivity contribution in [3.63, 3.8) is 0 Å². The van der Waals surface area contributed by atoms with Crippen molar-refractivity contribution in [3.8, 4) is 28.7 Å². The van der Waals surface area contributed by atoms with Crippen LogP contribution in [-0.2, 0) is 4.79 Å². The van der Waals surface area contributed by atoms with E-state index >= 15 is 0 Å². The molecule has 1 aliphatic heterocycles. The fourth-order valence-corrected chi connectivity index (χ4v) is 5.37. The SMILES string of the molecule is COc1cc2nc(-c3ccc(Cl)c(Cl)c3)n(-c3ccnc(NC4CCCN(C(=O)C5CC5)C4)n3)c2cc1OC. The maximum atomic E-state index is 12.6. The lowest BCUT2D eigenvalue weighted by Gasteiger charge is -2.33. The molecule has 11 heteroatoms. The number of amides is 1. The van der Waals surface area contributed by atoms with Crippen molar-refractivity contribution in [2.24, 2.45) is 5.92 Å². The van der Waals surface area contributed by atoms with Gasteiger partial charge in [-0.2, -0.15) is 4.98 Å². The zero-order valence-corrected chi connectivity index (χ0v) is 23.2. The molecule has 1 amide bonds. The lowest BCUT2D eigenvalue weighted by molar-refractivity contribution is -0.133. The van der Waals surface area contributed by atoms with Crippen LogP contribution in [0, 0.1) is 5.92 Å². The molecule has 6 rings (SSSR count). The highest BCUT2D eigenvalue weighted by Gasteiger charge is 2.35. The van der Waals surface area contributed by atoms with E-state index in [2.05, 4.69) is 10.3 Å². The number of ether oxygens (including phenoxy) is 2. The molecule has 1 unspecified atom stereocenters. The van der Waals surface area contributed by atoms with Gasteiger partial charge in [0.15, 0.2) is 11.5 Å². The van der Waals surface area contributed by atoms with Gasteiger partial charge in [-0.25, -0.2) is 9.97 Å². The van der Waals surface area contributed by atoms with E-state index < -0.39 is 0 Å². The van der Waals surface area contributed by atoms with Crippen molar-refractivity contribution in [3.05, 3.63) is 52.6 Å². The van der Waals surface area contributed by atoms with E-state index in [9.17, 15) is 4.79 Å². The van der Waals surface area contributed by atoms with Crippen molar-refractivity contribution >= 4 is 46.1 Å². The molecule has 39 heavy (non-hydrogen) atoms. The molecule has 1 aliphatic carbocycles. The van der Waals surface area contributed by atoms with E-state index in [0.29, 0.717) is 51.2 Å². The molecule has 0 radical (unpaired) electrons. The minimum atomic E-state index is 0.0788. The van der Waals surface area contributed by atoms with Crippen molar-refractivity contribution in [1.29, 1.82) is 0 Å². The number of imidazole rings is 1. The van der Waals surface area contributed by atoms with Gasteiger partial charge < -0.3 is 19.7 Å². The number of halogens is 2. The summed E-state index contributed by atoms with van der Waals surface area (Å²) in [6, 6.07) is 11.0. The Morgan fingerprint density at radius 1 is 1.00 bits per heavy atom. The first-order chi connectivity index (χ1) is 18.9. The van der Waals surface area contributed by atoms with Crippen LogP contribution in [0.2, 0.25) is 10.0 Å². The third kappa shape index (κ3) is 5.08. The Balaban J connectivity index is 1.39. The van der Waals surface area contributed by atoms with Crippen LogP contribution in [-0.4, -0.2) is 63.7 Å². The van der Waals surface area contributed by atoms with Gasteiger partial charge in [-0.3, -0.25) is 9.36 Å². The molecule has 1 saturated carbocycles. The van der Waals surface area contributed by atoms with Crippen LogP contribution in [0.25, 0.3) is 28.2 Å². The summed E-state index contributed by atoms with van der Waals surface area (Å²) in [6.07, 6.45) is 5.63. The maximum absolute atomic E-state index is 12.6. The number of methoxy groups -OCH3 is 2. The Kier molecular flexibility index (Phi) is 6.95. The summed E-state index contributed by atoms with van der Waals surface area (Å²) in [6.45, 7) is 1.47. The van der Waals surface area contributed by atoms with Crippen molar-refractivity contribution in [2.75, 3.05) is 32.6 Å². The van der Waals surface area contributed by atoms with E-state index in [4.69, 9.17) is 42.6 Å². The number of carbonyl (C=O) groups is 1. The topological polar surface area (TPSA) is 94.4 Å². The van der Waals surface area contributed by atoms with Gasteiger partial charge in [0.05, 0.1) is 35.3 Å². The van der Waals surface area contributed by atoms with Gasteiger partial charge in [0.1, 0.15) is 11.6 Å². The predicted octanol–water partition coefficient (Wildman–Crippen LogP) is 5.62. The number of anilines is 1. The summed E-state index contributed by atoms with van der Waals surface area (Å²) in [7, 11) is 3.19. The summed E-state index contributed by atoms with van der Waals surface area (Å²) in [5.74, 6) is 3.36. The third-order valence-corrected chi connectivity index (χ3v) is 7.94. The van der Waals surface area contributed by atoms with Crippen molar-refractivity contribution in [1.82, 2.24) is 24.4 Å². The molecular weight excluding hydrogens is 539 g/mol. The van der Waals surface area contributed by atoms with Gasteiger partial charge in [-0.15, -0.1) is 0 Å². The molecule has 2 aromatic heterocycles. The van der Waals surface area contributed by atoms with Gasteiger partial charge in [-0.05, 0) is 49.9 Å². The lowest BCUT2D eigenvalue weighted by Crippen LogP contribution is -2.45. The molecule has 0 spiro atoms. The van der Waals surface area contributed by atoms with Gasteiger partial charge >= 0.3 is 0 Å². The third-order valence-electron chi connectivity index (χ3n) is 7.20. The molecule has 2 aliphatic rings. The van der Waals surface area contributed by atoms with Crippen LogP contribution in [0.15, 0.2) is 42.6 Å². The number of likely N-dealkylation sites (tertiary alicyclic amines) is 1. The smallest absolute Gasteiger partial charge is 0.225 e. The summed E-state index contributed by atoms with van der Waals surface area (Å²) >= 11 is 12.6. The zero-order valence-electron chi connectivity index (χ0n) is 21.7. The highest BCUT2D eigenvalue weighted by atomic mass is 35.5. The Morgan fingerprint density at radius 2 is 1.79 bits per heavy atom. The molecule has 1 N–H and O–H groups in total. The number of benzene rings is 2. The second-order valence-corrected chi connectivity index (χ2v) is 10.7. The minimum Gasteiger partial charge on any atom is -0.493 e. The first kappa shape index (κ1) is 25.7. The Morgan fingerprint density at radius 3 is 2.54 bits per heavy atom. The Bertz CT molecular complexity index is 1550. The summed E-state index contributed by atoms with van der Waals surface area (Å²) in [5.41, 5.74) is 2.24. The predicted molar refractivity (Wildman–Crippen MR) is 151 cm³/mol. The zero-order chi connectivity index (χ0) is 27.1. The summed E-state index contributed by atoms with van der Waals surface area (Å²) in [4.78, 5) is 28.9. The van der Waals surface area contributed by atoms with E-state index in [1.807, 2.05) is 33.7 Å². The van der Waals surface area contributed by atoms with Crippen LogP contribution in [0.4, 0.5) is 5.95 Å². The van der Waals surface area contributed by atoms with E-state index in [0.717, 1.165) is 43.3 Å². The highest BCUT2D eigenvalue weighted by Crippen LogP contribution is 2.37. The number of nitrogens with one attached hydrogen (secondary N) is 1. The first-order valence-electron chi connectivity index (χ1n) is 12.9. The molecular formula is C28H28Cl2N6O3. The largest absolute Gasteiger partial charge is 0.493 e. The van der Waals surface area contributed by atoms with Gasteiger partial charge in [0.2, 0.25) is 11.9 Å². The molecule has 0 bridgehead atoms. The van der Waals surface area contributed by atoms with Crippen LogP contribution >= 0.6 is 23.2 Å². The van der Waals surface area contributed by atoms with Gasteiger partial charge in [0, 0.05) is 48.9 Å². The number of hydrogen-bond acceptors (Lipinski definition) is 7. The van der Waals surface area contributed by atoms with E-state index in [1.165, 1.54) is 0 Å². The van der Waals surface area contributed by atoms with Crippen LogP contribution in [0.1, 0.15) is 25.7 Å². The quantitative estimate of drug-likeness (QED) is 0.310.